The molecule has 2 rings (SSSR count). The monoisotopic (exact) mass is 309 g/mol. The second-order valence-corrected chi connectivity index (χ2v) is 6.87. The molecule has 0 radical (unpaired) electrons. The maximum atomic E-state index is 3.72. The van der Waals surface area contributed by atoms with Crippen molar-refractivity contribution in [2.24, 2.45) is 11.8 Å². The molecule has 1 aliphatic carbocycles. The van der Waals surface area contributed by atoms with Gasteiger partial charge in [-0.05, 0) is 62.1 Å². The van der Waals surface area contributed by atoms with Crippen LogP contribution in [0.15, 0.2) is 22.7 Å². The largest absolute Gasteiger partial charge is 0.382 e. The zero-order valence-electron chi connectivity index (χ0n) is 11.7. The zero-order chi connectivity index (χ0) is 13.1. The predicted molar refractivity (Wildman–Crippen MR) is 83.1 cm³/mol. The van der Waals surface area contributed by atoms with E-state index >= 15 is 0 Å². The number of halogens is 1. The highest BCUT2D eigenvalue weighted by Crippen LogP contribution is 2.32. The van der Waals surface area contributed by atoms with Crippen LogP contribution in [0.3, 0.4) is 0 Å². The molecule has 0 bridgehead atoms. The molecule has 1 nitrogen and oxygen atoms in total. The normalized spacial score (nSPS) is 24.3. The van der Waals surface area contributed by atoms with Crippen LogP contribution in [0.1, 0.15) is 45.1 Å². The van der Waals surface area contributed by atoms with Gasteiger partial charge >= 0.3 is 0 Å². The Morgan fingerprint density at radius 3 is 2.44 bits per heavy atom. The number of benzene rings is 1. The van der Waals surface area contributed by atoms with Crippen LogP contribution >= 0.6 is 15.9 Å². The minimum atomic E-state index is 0.660. The lowest BCUT2D eigenvalue weighted by atomic mass is 9.79. The minimum Gasteiger partial charge on any atom is -0.382 e. The summed E-state index contributed by atoms with van der Waals surface area (Å²) in [7, 11) is 0. The molecular weight excluding hydrogens is 286 g/mol. The molecule has 0 amide bonds. The molecule has 0 aromatic heterocycles. The molecule has 0 heterocycles. The van der Waals surface area contributed by atoms with Gasteiger partial charge in [-0.25, -0.2) is 0 Å². The second kappa shape index (κ2) is 6.10. The molecule has 1 saturated carbocycles. The number of nitrogens with one attached hydrogen (secondary N) is 1. The van der Waals surface area contributed by atoms with E-state index in [1.807, 2.05) is 0 Å². The van der Waals surface area contributed by atoms with Crippen LogP contribution in [-0.2, 0) is 0 Å². The molecule has 100 valence electrons. The minimum absolute atomic E-state index is 0.660. The van der Waals surface area contributed by atoms with E-state index in [0.29, 0.717) is 6.04 Å². The summed E-state index contributed by atoms with van der Waals surface area (Å²) in [4.78, 5) is 0. The molecule has 0 atom stereocenters. The average molecular weight is 310 g/mol. The molecule has 1 aromatic carbocycles. The van der Waals surface area contributed by atoms with Crippen molar-refractivity contribution in [1.29, 1.82) is 0 Å². The summed E-state index contributed by atoms with van der Waals surface area (Å²) in [6.07, 6.45) is 5.38. The lowest BCUT2D eigenvalue weighted by Gasteiger charge is -2.32. The van der Waals surface area contributed by atoms with Crippen molar-refractivity contribution in [2.75, 3.05) is 5.32 Å². The second-order valence-electron chi connectivity index (χ2n) is 5.96. The third-order valence-corrected chi connectivity index (χ3v) is 4.77. The number of hydrogen-bond donors (Lipinski definition) is 1. The molecule has 1 N–H and O–H groups in total. The average Bonchev–Trinajstić information content (AvgIpc) is 2.34. The molecule has 18 heavy (non-hydrogen) atoms. The van der Waals surface area contributed by atoms with Gasteiger partial charge in [0, 0.05) is 16.2 Å². The number of anilines is 1. The molecule has 1 fully saturated rings. The molecule has 0 unspecified atom stereocenters. The van der Waals surface area contributed by atoms with E-state index < -0.39 is 0 Å². The van der Waals surface area contributed by atoms with Crippen LogP contribution in [0.25, 0.3) is 0 Å². The van der Waals surface area contributed by atoms with Gasteiger partial charge in [0.05, 0.1) is 0 Å². The summed E-state index contributed by atoms with van der Waals surface area (Å²) in [5, 5.41) is 3.72. The van der Waals surface area contributed by atoms with Crippen LogP contribution in [0.2, 0.25) is 0 Å². The number of rotatable bonds is 3. The Bertz CT molecular complexity index is 392. The maximum Gasteiger partial charge on any atom is 0.0383 e. The van der Waals surface area contributed by atoms with Crippen LogP contribution in [0.5, 0.6) is 0 Å². The predicted octanol–water partition coefficient (Wildman–Crippen LogP) is 5.38. The summed E-state index contributed by atoms with van der Waals surface area (Å²) in [6, 6.07) is 7.14. The Hall–Kier alpha value is -0.500. The molecule has 0 saturated heterocycles. The van der Waals surface area contributed by atoms with E-state index in [4.69, 9.17) is 0 Å². The summed E-state index contributed by atoms with van der Waals surface area (Å²) in [6.45, 7) is 6.89. The van der Waals surface area contributed by atoms with E-state index in [-0.39, 0.29) is 0 Å². The third-order valence-electron chi connectivity index (χ3n) is 4.27. The van der Waals surface area contributed by atoms with Crippen molar-refractivity contribution >= 4 is 21.6 Å². The van der Waals surface area contributed by atoms with E-state index in [2.05, 4.69) is 60.2 Å². The molecule has 0 spiro atoms. The summed E-state index contributed by atoms with van der Waals surface area (Å²) in [5.74, 6) is 1.78. The van der Waals surface area contributed by atoms with Gasteiger partial charge in [-0.3, -0.25) is 0 Å². The van der Waals surface area contributed by atoms with Gasteiger partial charge in [-0.15, -0.1) is 0 Å². The van der Waals surface area contributed by atoms with Crippen molar-refractivity contribution < 1.29 is 0 Å². The highest BCUT2D eigenvalue weighted by molar-refractivity contribution is 9.10. The fourth-order valence-electron chi connectivity index (χ4n) is 2.90. The van der Waals surface area contributed by atoms with Gasteiger partial charge in [0.15, 0.2) is 0 Å². The Morgan fingerprint density at radius 1 is 1.17 bits per heavy atom. The van der Waals surface area contributed by atoms with E-state index in [9.17, 15) is 0 Å². The van der Waals surface area contributed by atoms with Crippen molar-refractivity contribution in [2.45, 2.75) is 52.5 Å². The Balaban J connectivity index is 1.93. The fourth-order valence-corrected chi connectivity index (χ4v) is 3.26. The SMILES string of the molecule is Cc1ccc(Br)cc1NC1CCC(C(C)C)CC1. The fraction of sp³-hybridized carbons (Fsp3) is 0.625. The topological polar surface area (TPSA) is 12.0 Å². The van der Waals surface area contributed by atoms with Crippen LogP contribution in [-0.4, -0.2) is 6.04 Å². The highest BCUT2D eigenvalue weighted by atomic mass is 79.9. The van der Waals surface area contributed by atoms with E-state index in [1.165, 1.54) is 36.9 Å². The smallest absolute Gasteiger partial charge is 0.0383 e. The Morgan fingerprint density at radius 2 is 1.83 bits per heavy atom. The third kappa shape index (κ3) is 3.50. The van der Waals surface area contributed by atoms with Gasteiger partial charge in [0.1, 0.15) is 0 Å². The molecular formula is C16H24BrN. The Labute approximate surface area is 119 Å². The van der Waals surface area contributed by atoms with Gasteiger partial charge in [-0.2, -0.15) is 0 Å². The van der Waals surface area contributed by atoms with Gasteiger partial charge in [0.2, 0.25) is 0 Å². The first-order chi connectivity index (χ1) is 8.56. The first-order valence-corrected chi connectivity index (χ1v) is 7.88. The first-order valence-electron chi connectivity index (χ1n) is 7.09. The van der Waals surface area contributed by atoms with Crippen molar-refractivity contribution in [1.82, 2.24) is 0 Å². The summed E-state index contributed by atoms with van der Waals surface area (Å²) in [5.41, 5.74) is 2.63. The highest BCUT2D eigenvalue weighted by Gasteiger charge is 2.23. The summed E-state index contributed by atoms with van der Waals surface area (Å²) < 4.78 is 1.16. The molecule has 0 aliphatic heterocycles. The van der Waals surface area contributed by atoms with Crippen molar-refractivity contribution in [3.63, 3.8) is 0 Å². The number of hydrogen-bond acceptors (Lipinski definition) is 1. The van der Waals surface area contributed by atoms with Crippen LogP contribution in [0.4, 0.5) is 5.69 Å². The van der Waals surface area contributed by atoms with Gasteiger partial charge < -0.3 is 5.32 Å². The van der Waals surface area contributed by atoms with Crippen LogP contribution < -0.4 is 5.32 Å². The molecule has 1 aromatic rings. The zero-order valence-corrected chi connectivity index (χ0v) is 13.3. The molecule has 2 heteroatoms. The Kier molecular flexibility index (Phi) is 4.71. The van der Waals surface area contributed by atoms with Gasteiger partial charge in [0.25, 0.3) is 0 Å². The van der Waals surface area contributed by atoms with E-state index in [1.54, 1.807) is 0 Å². The summed E-state index contributed by atoms with van der Waals surface area (Å²) >= 11 is 3.55. The standard InChI is InChI=1S/C16H24BrN/c1-11(2)13-5-8-15(9-6-13)18-16-10-14(17)7-4-12(16)3/h4,7,10-11,13,15,18H,5-6,8-9H2,1-3H3. The van der Waals surface area contributed by atoms with Crippen molar-refractivity contribution in [3.8, 4) is 0 Å². The maximum absolute atomic E-state index is 3.72. The lowest BCUT2D eigenvalue weighted by molar-refractivity contribution is 0.267. The van der Waals surface area contributed by atoms with Crippen molar-refractivity contribution in [3.05, 3.63) is 28.2 Å². The van der Waals surface area contributed by atoms with E-state index in [0.717, 1.165) is 16.3 Å². The van der Waals surface area contributed by atoms with Gasteiger partial charge in [-0.1, -0.05) is 35.8 Å². The lowest BCUT2D eigenvalue weighted by Crippen LogP contribution is -2.28. The van der Waals surface area contributed by atoms with Crippen LogP contribution in [0, 0.1) is 18.8 Å². The first kappa shape index (κ1) is 13.9. The number of aryl methyl sites for hydroxylation is 1. The molecule has 1 aliphatic rings. The quantitative estimate of drug-likeness (QED) is 0.790.